The number of rotatable bonds is 7. The summed E-state index contributed by atoms with van der Waals surface area (Å²) in [5, 5.41) is 11.3. The van der Waals surface area contributed by atoms with Crippen LogP contribution in [0, 0.1) is 0 Å². The molecule has 0 saturated carbocycles. The molecule has 1 aromatic heterocycles. The Hall–Kier alpha value is -3.36. The maximum atomic E-state index is 12.5. The Kier molecular flexibility index (Phi) is 5.93. The summed E-state index contributed by atoms with van der Waals surface area (Å²) in [6, 6.07) is 11.9. The smallest absolute Gasteiger partial charge is 0.416 e. The van der Waals surface area contributed by atoms with Crippen LogP contribution in [0.4, 0.5) is 13.2 Å². The van der Waals surface area contributed by atoms with E-state index in [1.165, 1.54) is 18.5 Å². The fourth-order valence-corrected chi connectivity index (χ4v) is 2.24. The Labute approximate surface area is 158 Å². The fraction of sp³-hybridized carbons (Fsp3) is 0.211. The normalized spacial score (nSPS) is 12.1. The van der Waals surface area contributed by atoms with Crippen molar-refractivity contribution in [1.29, 1.82) is 0 Å². The molecule has 0 radical (unpaired) electrons. The van der Waals surface area contributed by atoms with E-state index in [0.717, 1.165) is 17.7 Å². The average molecular weight is 391 g/mol. The van der Waals surface area contributed by atoms with Gasteiger partial charge in [-0.05, 0) is 54.4 Å². The second kappa shape index (κ2) is 8.55. The molecule has 1 heterocycles. The van der Waals surface area contributed by atoms with Gasteiger partial charge in [0.1, 0.15) is 12.4 Å². The van der Waals surface area contributed by atoms with Crippen molar-refractivity contribution < 1.29 is 27.2 Å². The van der Waals surface area contributed by atoms with Gasteiger partial charge in [-0.1, -0.05) is 17.3 Å². The summed E-state index contributed by atoms with van der Waals surface area (Å²) in [6.07, 6.45) is -3.12. The van der Waals surface area contributed by atoms with E-state index in [2.05, 4.69) is 15.4 Å². The van der Waals surface area contributed by atoms with Gasteiger partial charge in [0.15, 0.2) is 6.61 Å². The quantitative estimate of drug-likeness (QED) is 0.435. The standard InChI is InChI=1S/C19H16F3N3O3/c1-13(25-28-10-14-2-6-16(7-3-14)19(20,21)22)15-4-8-17(9-5-15)26-11-18-24-23-12-27-18/h2-9,12H,10-11H2,1H3. The molecule has 0 aliphatic rings. The molecule has 2 aromatic carbocycles. The molecular weight excluding hydrogens is 375 g/mol. The van der Waals surface area contributed by atoms with E-state index in [-0.39, 0.29) is 13.2 Å². The summed E-state index contributed by atoms with van der Waals surface area (Å²) in [4.78, 5) is 5.24. The summed E-state index contributed by atoms with van der Waals surface area (Å²) in [6.45, 7) is 2.00. The second-order valence-electron chi connectivity index (χ2n) is 5.79. The van der Waals surface area contributed by atoms with Gasteiger partial charge in [-0.25, -0.2) is 0 Å². The van der Waals surface area contributed by atoms with Crippen molar-refractivity contribution in [2.45, 2.75) is 26.3 Å². The number of nitrogens with zero attached hydrogens (tertiary/aromatic N) is 3. The van der Waals surface area contributed by atoms with Crippen molar-refractivity contribution in [1.82, 2.24) is 10.2 Å². The van der Waals surface area contributed by atoms with Gasteiger partial charge < -0.3 is 14.0 Å². The first-order chi connectivity index (χ1) is 13.4. The molecule has 0 amide bonds. The van der Waals surface area contributed by atoms with Crippen LogP contribution in [0.1, 0.15) is 29.5 Å². The van der Waals surface area contributed by atoms with Crippen LogP contribution in [0.15, 0.2) is 64.5 Å². The van der Waals surface area contributed by atoms with E-state index in [9.17, 15) is 13.2 Å². The van der Waals surface area contributed by atoms with Crippen LogP contribution in [0.25, 0.3) is 0 Å². The van der Waals surface area contributed by atoms with E-state index < -0.39 is 11.7 Å². The predicted molar refractivity (Wildman–Crippen MR) is 93.5 cm³/mol. The van der Waals surface area contributed by atoms with Crippen molar-refractivity contribution in [2.24, 2.45) is 5.16 Å². The molecule has 0 fully saturated rings. The molecule has 146 valence electrons. The molecular formula is C19H16F3N3O3. The summed E-state index contributed by atoms with van der Waals surface area (Å²) >= 11 is 0. The lowest BCUT2D eigenvalue weighted by Crippen LogP contribution is -2.04. The third kappa shape index (κ3) is 5.32. The second-order valence-corrected chi connectivity index (χ2v) is 5.79. The van der Waals surface area contributed by atoms with Gasteiger partial charge in [0, 0.05) is 0 Å². The summed E-state index contributed by atoms with van der Waals surface area (Å²) in [5.41, 5.74) is 1.33. The van der Waals surface area contributed by atoms with Crippen LogP contribution in [0.5, 0.6) is 5.75 Å². The number of hydrogen-bond acceptors (Lipinski definition) is 6. The van der Waals surface area contributed by atoms with Crippen molar-refractivity contribution in [3.8, 4) is 5.75 Å². The SMILES string of the molecule is CC(=NOCc1ccc(C(F)(F)F)cc1)c1ccc(OCc2nnco2)cc1. The van der Waals surface area contributed by atoms with E-state index in [1.54, 1.807) is 19.1 Å². The number of ether oxygens (including phenoxy) is 1. The largest absolute Gasteiger partial charge is 0.484 e. The number of alkyl halides is 3. The first kappa shape index (κ1) is 19.4. The third-order valence-corrected chi connectivity index (χ3v) is 3.75. The predicted octanol–water partition coefficient (Wildman–Crippen LogP) is 4.61. The van der Waals surface area contributed by atoms with Gasteiger partial charge in [0.25, 0.3) is 5.89 Å². The molecule has 3 aromatic rings. The van der Waals surface area contributed by atoms with Gasteiger partial charge in [0.05, 0.1) is 11.3 Å². The highest BCUT2D eigenvalue weighted by Gasteiger charge is 2.29. The molecule has 0 bridgehead atoms. The molecule has 0 saturated heterocycles. The monoisotopic (exact) mass is 391 g/mol. The summed E-state index contributed by atoms with van der Waals surface area (Å²) in [5.74, 6) is 0.999. The number of oxime groups is 1. The Balaban J connectivity index is 1.51. The lowest BCUT2D eigenvalue weighted by Gasteiger charge is -2.08. The highest BCUT2D eigenvalue weighted by molar-refractivity contribution is 5.98. The van der Waals surface area contributed by atoms with Gasteiger partial charge >= 0.3 is 6.18 Å². The zero-order valence-corrected chi connectivity index (χ0v) is 14.8. The minimum absolute atomic E-state index is 0.0703. The number of aromatic nitrogens is 2. The van der Waals surface area contributed by atoms with Crippen LogP contribution in [-0.2, 0) is 24.2 Å². The zero-order chi connectivity index (χ0) is 20.0. The highest BCUT2D eigenvalue weighted by atomic mass is 19.4. The van der Waals surface area contributed by atoms with E-state index in [1.807, 2.05) is 12.1 Å². The molecule has 0 atom stereocenters. The third-order valence-electron chi connectivity index (χ3n) is 3.75. The van der Waals surface area contributed by atoms with E-state index in [0.29, 0.717) is 22.9 Å². The van der Waals surface area contributed by atoms with Gasteiger partial charge in [-0.15, -0.1) is 10.2 Å². The maximum Gasteiger partial charge on any atom is 0.416 e. The first-order valence-corrected chi connectivity index (χ1v) is 8.23. The molecule has 28 heavy (non-hydrogen) atoms. The Bertz CT molecular complexity index is 906. The summed E-state index contributed by atoms with van der Waals surface area (Å²) < 4.78 is 48.1. The van der Waals surface area contributed by atoms with E-state index >= 15 is 0 Å². The highest BCUT2D eigenvalue weighted by Crippen LogP contribution is 2.29. The topological polar surface area (TPSA) is 69.7 Å². The fourth-order valence-electron chi connectivity index (χ4n) is 2.24. The molecule has 0 spiro atoms. The van der Waals surface area contributed by atoms with Crippen LogP contribution in [0.2, 0.25) is 0 Å². The van der Waals surface area contributed by atoms with Gasteiger partial charge in [-0.3, -0.25) is 0 Å². The van der Waals surface area contributed by atoms with Crippen molar-refractivity contribution in [3.63, 3.8) is 0 Å². The zero-order valence-electron chi connectivity index (χ0n) is 14.8. The van der Waals surface area contributed by atoms with E-state index in [4.69, 9.17) is 14.0 Å². The Morgan fingerprint density at radius 1 is 1.04 bits per heavy atom. The Morgan fingerprint density at radius 3 is 2.36 bits per heavy atom. The molecule has 9 heteroatoms. The van der Waals surface area contributed by atoms with Crippen LogP contribution in [-0.4, -0.2) is 15.9 Å². The number of hydrogen-bond donors (Lipinski definition) is 0. The Morgan fingerprint density at radius 2 is 1.75 bits per heavy atom. The van der Waals surface area contributed by atoms with Gasteiger partial charge in [-0.2, -0.15) is 13.2 Å². The lowest BCUT2D eigenvalue weighted by molar-refractivity contribution is -0.137. The minimum atomic E-state index is -4.35. The average Bonchev–Trinajstić information content (AvgIpc) is 3.20. The molecule has 0 N–H and O–H groups in total. The lowest BCUT2D eigenvalue weighted by atomic mass is 10.1. The molecule has 0 unspecified atom stereocenters. The van der Waals surface area contributed by atoms with Crippen LogP contribution in [0.3, 0.4) is 0 Å². The van der Waals surface area contributed by atoms with Crippen LogP contribution >= 0.6 is 0 Å². The molecule has 0 aliphatic carbocycles. The van der Waals surface area contributed by atoms with Gasteiger partial charge in [0.2, 0.25) is 6.39 Å². The van der Waals surface area contributed by atoms with Crippen molar-refractivity contribution >= 4 is 5.71 Å². The first-order valence-electron chi connectivity index (χ1n) is 8.23. The summed E-state index contributed by atoms with van der Waals surface area (Å²) in [7, 11) is 0. The van der Waals surface area contributed by atoms with Crippen molar-refractivity contribution in [2.75, 3.05) is 0 Å². The number of halogens is 3. The minimum Gasteiger partial charge on any atom is -0.484 e. The number of benzene rings is 2. The molecule has 3 rings (SSSR count). The van der Waals surface area contributed by atoms with Crippen molar-refractivity contribution in [3.05, 3.63) is 77.5 Å². The maximum absolute atomic E-state index is 12.5. The molecule has 6 nitrogen and oxygen atoms in total. The molecule has 0 aliphatic heterocycles. The van der Waals surface area contributed by atoms with Crippen LogP contribution < -0.4 is 4.74 Å².